The van der Waals surface area contributed by atoms with Crippen molar-refractivity contribution in [2.45, 2.75) is 19.4 Å². The molecule has 2 aromatic carbocycles. The Hall–Kier alpha value is -1.42. The van der Waals surface area contributed by atoms with E-state index in [1.54, 1.807) is 6.07 Å². The molecule has 0 heterocycles. The Labute approximate surface area is 117 Å². The van der Waals surface area contributed by atoms with Crippen molar-refractivity contribution in [1.82, 2.24) is 5.43 Å². The second kappa shape index (κ2) is 6.15. The Morgan fingerprint density at radius 2 is 1.89 bits per heavy atom. The SMILES string of the molecule is Cc1ccc(CC(NN)c2ccc(F)cc2Cl)cc1. The summed E-state index contributed by atoms with van der Waals surface area (Å²) >= 11 is 6.06. The van der Waals surface area contributed by atoms with Crippen LogP contribution in [-0.4, -0.2) is 0 Å². The second-order valence-electron chi connectivity index (χ2n) is 4.57. The number of hydrogen-bond acceptors (Lipinski definition) is 2. The summed E-state index contributed by atoms with van der Waals surface area (Å²) in [6, 6.07) is 12.4. The molecule has 0 spiro atoms. The van der Waals surface area contributed by atoms with Gasteiger partial charge in [0.1, 0.15) is 5.82 Å². The summed E-state index contributed by atoms with van der Waals surface area (Å²) in [5.41, 5.74) is 5.89. The third-order valence-corrected chi connectivity index (χ3v) is 3.43. The number of aryl methyl sites for hydroxylation is 1. The average Bonchev–Trinajstić information content (AvgIpc) is 2.39. The van der Waals surface area contributed by atoms with E-state index in [4.69, 9.17) is 17.4 Å². The average molecular weight is 279 g/mol. The molecule has 0 saturated carbocycles. The fourth-order valence-electron chi connectivity index (χ4n) is 2.00. The predicted octanol–water partition coefficient (Wildman–Crippen LogP) is 3.53. The quantitative estimate of drug-likeness (QED) is 0.663. The summed E-state index contributed by atoms with van der Waals surface area (Å²) in [4.78, 5) is 0. The molecule has 0 fully saturated rings. The lowest BCUT2D eigenvalue weighted by Gasteiger charge is -2.18. The van der Waals surface area contributed by atoms with Crippen LogP contribution in [0.3, 0.4) is 0 Å². The third-order valence-electron chi connectivity index (χ3n) is 3.10. The van der Waals surface area contributed by atoms with Crippen molar-refractivity contribution in [3.63, 3.8) is 0 Å². The first-order valence-electron chi connectivity index (χ1n) is 6.07. The Morgan fingerprint density at radius 3 is 2.47 bits per heavy atom. The van der Waals surface area contributed by atoms with Crippen molar-refractivity contribution in [1.29, 1.82) is 0 Å². The summed E-state index contributed by atoms with van der Waals surface area (Å²) in [6.07, 6.45) is 0.697. The van der Waals surface area contributed by atoms with Gasteiger partial charge in [0.2, 0.25) is 0 Å². The molecule has 0 aliphatic heterocycles. The number of benzene rings is 2. The minimum atomic E-state index is -0.347. The van der Waals surface area contributed by atoms with E-state index in [1.165, 1.54) is 17.7 Å². The number of halogens is 2. The highest BCUT2D eigenvalue weighted by atomic mass is 35.5. The van der Waals surface area contributed by atoms with Crippen molar-refractivity contribution in [3.05, 3.63) is 70.0 Å². The van der Waals surface area contributed by atoms with Crippen molar-refractivity contribution in [3.8, 4) is 0 Å². The largest absolute Gasteiger partial charge is 0.271 e. The Bertz CT molecular complexity index is 555. The van der Waals surface area contributed by atoms with Gasteiger partial charge >= 0.3 is 0 Å². The van der Waals surface area contributed by atoms with E-state index in [0.29, 0.717) is 11.4 Å². The number of hydrogen-bond donors (Lipinski definition) is 2. The molecule has 0 radical (unpaired) electrons. The smallest absolute Gasteiger partial charge is 0.124 e. The fourth-order valence-corrected chi connectivity index (χ4v) is 2.30. The second-order valence-corrected chi connectivity index (χ2v) is 4.98. The number of nitrogens with two attached hydrogens (primary N) is 1. The molecular weight excluding hydrogens is 263 g/mol. The monoisotopic (exact) mass is 278 g/mol. The fraction of sp³-hybridized carbons (Fsp3) is 0.200. The maximum absolute atomic E-state index is 13.1. The van der Waals surface area contributed by atoms with Gasteiger partial charge in [-0.3, -0.25) is 11.3 Å². The van der Waals surface area contributed by atoms with Crippen LogP contribution in [0.25, 0.3) is 0 Å². The lowest BCUT2D eigenvalue weighted by Crippen LogP contribution is -2.29. The molecule has 0 aliphatic carbocycles. The van der Waals surface area contributed by atoms with Crippen LogP contribution in [0.15, 0.2) is 42.5 Å². The summed E-state index contributed by atoms with van der Waals surface area (Å²) in [5, 5.41) is 0.384. The van der Waals surface area contributed by atoms with Crippen LogP contribution in [0.1, 0.15) is 22.7 Å². The Morgan fingerprint density at radius 1 is 1.21 bits per heavy atom. The van der Waals surface area contributed by atoms with Gasteiger partial charge in [-0.25, -0.2) is 4.39 Å². The van der Waals surface area contributed by atoms with Gasteiger partial charge in [-0.1, -0.05) is 47.5 Å². The first kappa shape index (κ1) is 14.0. The molecule has 2 aromatic rings. The molecule has 3 N–H and O–H groups in total. The summed E-state index contributed by atoms with van der Waals surface area (Å²) < 4.78 is 13.1. The molecule has 0 saturated heterocycles. The predicted molar refractivity (Wildman–Crippen MR) is 76.4 cm³/mol. The van der Waals surface area contributed by atoms with Crippen LogP contribution < -0.4 is 11.3 Å². The van der Waals surface area contributed by atoms with E-state index in [9.17, 15) is 4.39 Å². The standard InChI is InChI=1S/C15H16ClFN2/c1-10-2-4-11(5-3-10)8-15(19-18)13-7-6-12(17)9-14(13)16/h2-7,9,15,19H,8,18H2,1H3. The van der Waals surface area contributed by atoms with Gasteiger partial charge in [-0.05, 0) is 36.6 Å². The molecule has 0 amide bonds. The molecule has 4 heteroatoms. The molecule has 0 aliphatic rings. The summed E-state index contributed by atoms with van der Waals surface area (Å²) in [7, 11) is 0. The van der Waals surface area contributed by atoms with Crippen molar-refractivity contribution < 1.29 is 4.39 Å². The van der Waals surface area contributed by atoms with Gasteiger partial charge in [0, 0.05) is 5.02 Å². The minimum Gasteiger partial charge on any atom is -0.271 e. The summed E-state index contributed by atoms with van der Waals surface area (Å²) in [6.45, 7) is 2.04. The van der Waals surface area contributed by atoms with Gasteiger partial charge in [-0.15, -0.1) is 0 Å². The molecule has 1 atom stereocenters. The molecule has 1 unspecified atom stereocenters. The third kappa shape index (κ3) is 3.53. The Kier molecular flexibility index (Phi) is 4.53. The van der Waals surface area contributed by atoms with Crippen molar-refractivity contribution in [2.24, 2.45) is 5.84 Å². The van der Waals surface area contributed by atoms with Crippen molar-refractivity contribution >= 4 is 11.6 Å². The lowest BCUT2D eigenvalue weighted by atomic mass is 9.98. The maximum Gasteiger partial charge on any atom is 0.124 e. The number of hydrazine groups is 1. The summed E-state index contributed by atoms with van der Waals surface area (Å²) in [5.74, 6) is 5.24. The molecule has 0 bridgehead atoms. The molecular formula is C15H16ClFN2. The van der Waals surface area contributed by atoms with Gasteiger partial charge < -0.3 is 0 Å². The molecule has 19 heavy (non-hydrogen) atoms. The molecule has 2 rings (SSSR count). The highest BCUT2D eigenvalue weighted by Gasteiger charge is 2.14. The first-order chi connectivity index (χ1) is 9.10. The van der Waals surface area contributed by atoms with Gasteiger partial charge in [0.15, 0.2) is 0 Å². The lowest BCUT2D eigenvalue weighted by molar-refractivity contribution is 0.549. The zero-order chi connectivity index (χ0) is 13.8. The molecule has 100 valence electrons. The highest BCUT2D eigenvalue weighted by molar-refractivity contribution is 6.31. The van der Waals surface area contributed by atoms with E-state index in [0.717, 1.165) is 11.1 Å². The van der Waals surface area contributed by atoms with Gasteiger partial charge in [0.25, 0.3) is 0 Å². The maximum atomic E-state index is 13.1. The highest BCUT2D eigenvalue weighted by Crippen LogP contribution is 2.26. The normalized spacial score (nSPS) is 12.4. The minimum absolute atomic E-state index is 0.143. The zero-order valence-corrected chi connectivity index (χ0v) is 11.4. The number of nitrogens with one attached hydrogen (secondary N) is 1. The van der Waals surface area contributed by atoms with E-state index in [-0.39, 0.29) is 11.9 Å². The van der Waals surface area contributed by atoms with Crippen LogP contribution in [0.2, 0.25) is 5.02 Å². The molecule has 2 nitrogen and oxygen atoms in total. The van der Waals surface area contributed by atoms with Crippen LogP contribution in [0, 0.1) is 12.7 Å². The van der Waals surface area contributed by atoms with E-state index >= 15 is 0 Å². The van der Waals surface area contributed by atoms with E-state index in [2.05, 4.69) is 29.7 Å². The molecule has 0 aromatic heterocycles. The topological polar surface area (TPSA) is 38.0 Å². The van der Waals surface area contributed by atoms with Gasteiger partial charge in [-0.2, -0.15) is 0 Å². The van der Waals surface area contributed by atoms with E-state index in [1.807, 2.05) is 6.92 Å². The van der Waals surface area contributed by atoms with Crippen LogP contribution in [-0.2, 0) is 6.42 Å². The first-order valence-corrected chi connectivity index (χ1v) is 6.44. The van der Waals surface area contributed by atoms with E-state index < -0.39 is 0 Å². The van der Waals surface area contributed by atoms with Crippen LogP contribution in [0.4, 0.5) is 4.39 Å². The van der Waals surface area contributed by atoms with Crippen molar-refractivity contribution in [2.75, 3.05) is 0 Å². The Balaban J connectivity index is 2.22. The zero-order valence-electron chi connectivity index (χ0n) is 10.7. The number of rotatable bonds is 4. The van der Waals surface area contributed by atoms with Crippen LogP contribution >= 0.6 is 11.6 Å². The van der Waals surface area contributed by atoms with Crippen LogP contribution in [0.5, 0.6) is 0 Å². The van der Waals surface area contributed by atoms with Gasteiger partial charge in [0.05, 0.1) is 6.04 Å².